The molecule has 0 aliphatic rings. The van der Waals surface area contributed by atoms with Gasteiger partial charge in [-0.05, 0) is 12.5 Å². The van der Waals surface area contributed by atoms with E-state index in [1.165, 1.54) is 25.3 Å². The molecule has 1 amide bonds. The third-order valence-corrected chi connectivity index (χ3v) is 2.81. The summed E-state index contributed by atoms with van der Waals surface area (Å²) in [6, 6.07) is 3.68. The molecule has 0 heterocycles. The Bertz CT molecular complexity index is 492. The number of methoxy groups -OCH3 is 1. The van der Waals surface area contributed by atoms with Crippen molar-refractivity contribution in [3.05, 3.63) is 33.9 Å². The molecule has 1 aromatic carbocycles. The standard InChI is InChI=1S/C12H18N4O4/c1-3-8(7-20-2)14-12(17)10-6-9(16(18)19)4-5-11(10)15-13/h4-6,8,15H,3,7,13H2,1-2H3,(H,14,17). The Morgan fingerprint density at radius 1 is 1.55 bits per heavy atom. The van der Waals surface area contributed by atoms with Crippen molar-refractivity contribution in [1.29, 1.82) is 0 Å². The minimum absolute atomic E-state index is 0.122. The fourth-order valence-corrected chi connectivity index (χ4v) is 1.69. The molecule has 0 fully saturated rings. The molecule has 1 rings (SSSR count). The highest BCUT2D eigenvalue weighted by molar-refractivity contribution is 6.00. The number of benzene rings is 1. The largest absolute Gasteiger partial charge is 0.383 e. The van der Waals surface area contributed by atoms with E-state index in [0.717, 1.165) is 0 Å². The Morgan fingerprint density at radius 2 is 2.25 bits per heavy atom. The Kier molecular flexibility index (Phi) is 5.88. The third-order valence-electron chi connectivity index (χ3n) is 2.81. The van der Waals surface area contributed by atoms with Gasteiger partial charge in [-0.2, -0.15) is 0 Å². The summed E-state index contributed by atoms with van der Waals surface area (Å²) in [5.41, 5.74) is 2.62. The molecule has 0 aliphatic carbocycles. The number of nitrogen functional groups attached to an aromatic ring is 1. The fourth-order valence-electron chi connectivity index (χ4n) is 1.69. The second kappa shape index (κ2) is 7.41. The van der Waals surface area contributed by atoms with Crippen LogP contribution < -0.4 is 16.6 Å². The third kappa shape index (κ3) is 3.90. The number of nitro groups is 1. The van der Waals surface area contributed by atoms with Crippen molar-refractivity contribution in [2.24, 2.45) is 5.84 Å². The van der Waals surface area contributed by atoms with Gasteiger partial charge in [0.1, 0.15) is 0 Å². The van der Waals surface area contributed by atoms with Gasteiger partial charge in [0.05, 0.1) is 28.8 Å². The van der Waals surface area contributed by atoms with E-state index in [0.29, 0.717) is 18.7 Å². The van der Waals surface area contributed by atoms with Gasteiger partial charge < -0.3 is 15.5 Å². The lowest BCUT2D eigenvalue weighted by Crippen LogP contribution is -2.38. The van der Waals surface area contributed by atoms with Crippen molar-refractivity contribution < 1.29 is 14.5 Å². The number of nitrogens with zero attached hydrogens (tertiary/aromatic N) is 1. The molecule has 1 aromatic rings. The zero-order chi connectivity index (χ0) is 15.1. The molecule has 8 heteroatoms. The maximum Gasteiger partial charge on any atom is 0.270 e. The Morgan fingerprint density at radius 3 is 2.75 bits per heavy atom. The number of carbonyl (C=O) groups is 1. The first-order valence-electron chi connectivity index (χ1n) is 6.08. The highest BCUT2D eigenvalue weighted by Crippen LogP contribution is 2.21. The molecule has 0 saturated carbocycles. The number of nitrogens with two attached hydrogens (primary N) is 1. The van der Waals surface area contributed by atoms with Gasteiger partial charge in [0.15, 0.2) is 0 Å². The van der Waals surface area contributed by atoms with Gasteiger partial charge in [0.2, 0.25) is 0 Å². The van der Waals surface area contributed by atoms with Crippen molar-refractivity contribution in [1.82, 2.24) is 5.32 Å². The fraction of sp³-hybridized carbons (Fsp3) is 0.417. The van der Waals surface area contributed by atoms with E-state index in [1.54, 1.807) is 0 Å². The van der Waals surface area contributed by atoms with Crippen LogP contribution in [-0.2, 0) is 4.74 Å². The number of ether oxygens (including phenoxy) is 1. The summed E-state index contributed by atoms with van der Waals surface area (Å²) in [6.45, 7) is 2.27. The highest BCUT2D eigenvalue weighted by atomic mass is 16.6. The van der Waals surface area contributed by atoms with Crippen LogP contribution in [0.4, 0.5) is 11.4 Å². The number of hydrogen-bond acceptors (Lipinski definition) is 6. The molecular weight excluding hydrogens is 264 g/mol. The number of anilines is 1. The van der Waals surface area contributed by atoms with E-state index in [2.05, 4.69) is 10.7 Å². The molecule has 1 atom stereocenters. The maximum absolute atomic E-state index is 12.2. The van der Waals surface area contributed by atoms with Gasteiger partial charge >= 0.3 is 0 Å². The van der Waals surface area contributed by atoms with Crippen LogP contribution in [0.15, 0.2) is 18.2 Å². The summed E-state index contributed by atoms with van der Waals surface area (Å²) >= 11 is 0. The van der Waals surface area contributed by atoms with Gasteiger partial charge in [-0.1, -0.05) is 6.92 Å². The van der Waals surface area contributed by atoms with Crippen molar-refractivity contribution in [3.63, 3.8) is 0 Å². The van der Waals surface area contributed by atoms with Crippen LogP contribution in [-0.4, -0.2) is 30.6 Å². The molecule has 20 heavy (non-hydrogen) atoms. The van der Waals surface area contributed by atoms with E-state index in [1.807, 2.05) is 6.92 Å². The second-order valence-electron chi connectivity index (χ2n) is 4.17. The van der Waals surface area contributed by atoms with Crippen LogP contribution in [0.1, 0.15) is 23.7 Å². The average Bonchev–Trinajstić information content (AvgIpc) is 2.45. The van der Waals surface area contributed by atoms with Gasteiger partial charge in [0, 0.05) is 19.2 Å². The Labute approximate surface area is 116 Å². The Balaban J connectivity index is 3.00. The molecule has 110 valence electrons. The first-order chi connectivity index (χ1) is 9.53. The minimum Gasteiger partial charge on any atom is -0.383 e. The van der Waals surface area contributed by atoms with E-state index < -0.39 is 10.8 Å². The number of carbonyl (C=O) groups excluding carboxylic acids is 1. The van der Waals surface area contributed by atoms with Crippen LogP contribution in [0.25, 0.3) is 0 Å². The van der Waals surface area contributed by atoms with Crippen LogP contribution in [0.2, 0.25) is 0 Å². The topological polar surface area (TPSA) is 120 Å². The summed E-state index contributed by atoms with van der Waals surface area (Å²) in [7, 11) is 1.54. The lowest BCUT2D eigenvalue weighted by atomic mass is 10.1. The molecule has 1 unspecified atom stereocenters. The van der Waals surface area contributed by atoms with Gasteiger partial charge in [-0.3, -0.25) is 20.8 Å². The number of rotatable bonds is 7. The van der Waals surface area contributed by atoms with Crippen molar-refractivity contribution >= 4 is 17.3 Å². The maximum atomic E-state index is 12.2. The molecule has 8 nitrogen and oxygen atoms in total. The quantitative estimate of drug-likeness (QED) is 0.390. The molecule has 0 radical (unpaired) electrons. The summed E-state index contributed by atoms with van der Waals surface area (Å²) in [5.74, 6) is 4.87. The SMILES string of the molecule is CCC(COC)NC(=O)c1cc([N+](=O)[O-])ccc1NN. The molecule has 0 aliphatic heterocycles. The summed E-state index contributed by atoms with van der Waals surface area (Å²) in [4.78, 5) is 22.4. The molecular formula is C12H18N4O4. The molecule has 0 aromatic heterocycles. The monoisotopic (exact) mass is 282 g/mol. The first kappa shape index (κ1) is 15.9. The van der Waals surface area contributed by atoms with Crippen LogP contribution in [0.5, 0.6) is 0 Å². The van der Waals surface area contributed by atoms with Crippen LogP contribution in [0.3, 0.4) is 0 Å². The number of hydrazine groups is 1. The van der Waals surface area contributed by atoms with E-state index >= 15 is 0 Å². The number of amides is 1. The Hall–Kier alpha value is -2.19. The number of non-ortho nitro benzene ring substituents is 1. The number of hydrogen-bond donors (Lipinski definition) is 3. The minimum atomic E-state index is -0.566. The molecule has 0 spiro atoms. The summed E-state index contributed by atoms with van der Waals surface area (Å²) < 4.78 is 4.99. The smallest absolute Gasteiger partial charge is 0.270 e. The van der Waals surface area contributed by atoms with Crippen LogP contribution >= 0.6 is 0 Å². The van der Waals surface area contributed by atoms with Gasteiger partial charge in [-0.25, -0.2) is 0 Å². The second-order valence-corrected chi connectivity index (χ2v) is 4.17. The molecule has 0 saturated heterocycles. The highest BCUT2D eigenvalue weighted by Gasteiger charge is 2.18. The lowest BCUT2D eigenvalue weighted by molar-refractivity contribution is -0.384. The normalized spacial score (nSPS) is 11.8. The summed E-state index contributed by atoms with van der Waals surface area (Å²) in [5, 5.41) is 13.5. The molecule has 4 N–H and O–H groups in total. The van der Waals surface area contributed by atoms with Gasteiger partial charge in [0.25, 0.3) is 11.6 Å². The van der Waals surface area contributed by atoms with Crippen LogP contribution in [0, 0.1) is 10.1 Å². The number of nitrogens with one attached hydrogen (secondary N) is 2. The van der Waals surface area contributed by atoms with Crippen molar-refractivity contribution in [2.75, 3.05) is 19.1 Å². The summed E-state index contributed by atoms with van der Waals surface area (Å²) in [6.07, 6.45) is 0.680. The van der Waals surface area contributed by atoms with Crippen molar-refractivity contribution in [3.8, 4) is 0 Å². The van der Waals surface area contributed by atoms with Gasteiger partial charge in [-0.15, -0.1) is 0 Å². The van der Waals surface area contributed by atoms with Crippen molar-refractivity contribution in [2.45, 2.75) is 19.4 Å². The van der Waals surface area contributed by atoms with E-state index in [9.17, 15) is 14.9 Å². The predicted octanol–water partition coefficient (Wildman–Crippen LogP) is 1.04. The zero-order valence-corrected chi connectivity index (χ0v) is 11.4. The van der Waals surface area contributed by atoms with E-state index in [4.69, 9.17) is 10.6 Å². The molecule has 0 bridgehead atoms. The zero-order valence-electron chi connectivity index (χ0n) is 11.4. The lowest BCUT2D eigenvalue weighted by Gasteiger charge is -2.17. The first-order valence-corrected chi connectivity index (χ1v) is 6.08. The van der Waals surface area contributed by atoms with E-state index in [-0.39, 0.29) is 17.3 Å². The number of nitro benzene ring substituents is 1. The predicted molar refractivity (Wildman–Crippen MR) is 74.3 cm³/mol. The average molecular weight is 282 g/mol.